The van der Waals surface area contributed by atoms with E-state index >= 15 is 0 Å². The second-order valence-corrected chi connectivity index (χ2v) is 8.26. The first-order chi connectivity index (χ1) is 15.0. The molecule has 2 aromatic heterocycles. The zero-order valence-electron chi connectivity index (χ0n) is 18.2. The number of benzene rings is 3. The fourth-order valence-electron chi connectivity index (χ4n) is 4.57. The van der Waals surface area contributed by atoms with Crippen LogP contribution in [0.25, 0.3) is 44.3 Å². The summed E-state index contributed by atoms with van der Waals surface area (Å²) < 4.78 is 8.56. The molecule has 2 heterocycles. The third-order valence-corrected chi connectivity index (χ3v) is 6.07. The number of furan rings is 1. The molecular weight excluding hydrogens is 380 g/mol. The van der Waals surface area contributed by atoms with Crippen molar-refractivity contribution < 1.29 is 8.98 Å². The van der Waals surface area contributed by atoms with Crippen LogP contribution in [0.1, 0.15) is 22.3 Å². The normalized spacial score (nSPS) is 11.2. The van der Waals surface area contributed by atoms with E-state index in [4.69, 9.17) is 4.42 Å². The van der Waals surface area contributed by atoms with Gasteiger partial charge in [-0.3, -0.25) is 0 Å². The summed E-state index contributed by atoms with van der Waals surface area (Å²) in [5.74, 6) is 0. The van der Waals surface area contributed by atoms with Gasteiger partial charge in [-0.1, -0.05) is 29.8 Å². The van der Waals surface area contributed by atoms with Crippen LogP contribution in [-0.4, -0.2) is 0 Å². The topological polar surface area (TPSA) is 40.8 Å². The maximum atomic E-state index is 9.85. The van der Waals surface area contributed by atoms with Crippen LogP contribution in [0.4, 0.5) is 0 Å². The monoisotopic (exact) mass is 403 g/mol. The lowest BCUT2D eigenvalue weighted by atomic mass is 9.95. The van der Waals surface area contributed by atoms with Crippen molar-refractivity contribution in [1.82, 2.24) is 0 Å². The molecule has 3 nitrogen and oxygen atoms in total. The number of hydrogen-bond acceptors (Lipinski definition) is 2. The number of fused-ring (bicyclic) bond motifs is 3. The quantitative estimate of drug-likeness (QED) is 0.314. The molecule has 0 saturated heterocycles. The number of nitriles is 1. The van der Waals surface area contributed by atoms with Crippen molar-refractivity contribution in [3.63, 3.8) is 0 Å². The van der Waals surface area contributed by atoms with Crippen LogP contribution in [0.3, 0.4) is 0 Å². The van der Waals surface area contributed by atoms with E-state index in [1.807, 2.05) is 38.4 Å². The zero-order valence-corrected chi connectivity index (χ0v) is 18.2. The highest BCUT2D eigenvalue weighted by molar-refractivity contribution is 6.13. The summed E-state index contributed by atoms with van der Waals surface area (Å²) in [6, 6.07) is 23.3. The van der Waals surface area contributed by atoms with Crippen LogP contribution in [-0.2, 0) is 7.05 Å². The number of nitrogens with zero attached hydrogens (tertiary/aromatic N) is 2. The van der Waals surface area contributed by atoms with Crippen molar-refractivity contribution in [3.8, 4) is 28.5 Å². The van der Waals surface area contributed by atoms with Gasteiger partial charge >= 0.3 is 0 Å². The zero-order chi connectivity index (χ0) is 21.7. The van der Waals surface area contributed by atoms with Gasteiger partial charge in [-0.25, -0.2) is 4.57 Å². The Morgan fingerprint density at radius 3 is 2.48 bits per heavy atom. The fourth-order valence-corrected chi connectivity index (χ4v) is 4.57. The third-order valence-electron chi connectivity index (χ3n) is 6.07. The van der Waals surface area contributed by atoms with Gasteiger partial charge in [0.05, 0.1) is 17.2 Å². The molecule has 0 unspecified atom stereocenters. The summed E-state index contributed by atoms with van der Waals surface area (Å²) >= 11 is 0. The molecule has 0 N–H and O–H groups in total. The van der Waals surface area contributed by atoms with Gasteiger partial charge in [0.15, 0.2) is 11.8 Å². The van der Waals surface area contributed by atoms with E-state index in [-0.39, 0.29) is 0 Å². The highest BCUT2D eigenvalue weighted by Crippen LogP contribution is 2.40. The van der Waals surface area contributed by atoms with Gasteiger partial charge in [-0.2, -0.15) is 5.26 Å². The first kappa shape index (κ1) is 19.1. The van der Waals surface area contributed by atoms with Crippen LogP contribution >= 0.6 is 0 Å². The molecule has 0 radical (unpaired) electrons. The molecule has 5 rings (SSSR count). The molecule has 0 atom stereocenters. The lowest BCUT2D eigenvalue weighted by Gasteiger charge is -2.07. The predicted molar refractivity (Wildman–Crippen MR) is 125 cm³/mol. The maximum Gasteiger partial charge on any atom is 0.216 e. The molecule has 0 fully saturated rings. The largest absolute Gasteiger partial charge is 0.455 e. The fraction of sp³-hybridized carbons (Fsp3) is 0.143. The molecular formula is C28H23N2O+. The Kier molecular flexibility index (Phi) is 4.38. The van der Waals surface area contributed by atoms with Gasteiger partial charge in [0.1, 0.15) is 12.6 Å². The van der Waals surface area contributed by atoms with E-state index in [2.05, 4.69) is 66.9 Å². The number of aryl methyl sites for hydroxylation is 4. The summed E-state index contributed by atoms with van der Waals surface area (Å²) in [5.41, 5.74) is 10.1. The number of hydrogen-bond donors (Lipinski definition) is 0. The summed E-state index contributed by atoms with van der Waals surface area (Å²) in [7, 11) is 2.03. The Labute approximate surface area is 181 Å². The molecule has 5 aromatic rings. The van der Waals surface area contributed by atoms with E-state index in [9.17, 15) is 5.26 Å². The SMILES string of the molecule is Cc1ccc(-c2ccc3c(c2)oc2c(-c4cccc[n+]4C)c(C)cc(C#N)c23)c(C)c1. The molecule has 3 aromatic carbocycles. The summed E-state index contributed by atoms with van der Waals surface area (Å²) in [5, 5.41) is 11.7. The molecule has 0 aliphatic heterocycles. The Bertz CT molecular complexity index is 1530. The molecule has 0 bridgehead atoms. The maximum absolute atomic E-state index is 9.85. The van der Waals surface area contributed by atoms with Gasteiger partial charge in [0.2, 0.25) is 5.69 Å². The standard InChI is InChI=1S/C28H23N2O/c1-17-8-10-22(18(2)13-17)20-9-11-23-25(15-20)31-28-26(24-7-5-6-12-30(24)4)19(3)14-21(16-29)27(23)28/h5-15H,1-4H3/q+1. The molecule has 0 aliphatic rings. The van der Waals surface area contributed by atoms with Gasteiger partial charge in [0.25, 0.3) is 0 Å². The number of pyridine rings is 1. The van der Waals surface area contributed by atoms with Gasteiger partial charge in [-0.15, -0.1) is 0 Å². The smallest absolute Gasteiger partial charge is 0.216 e. The molecule has 0 saturated carbocycles. The van der Waals surface area contributed by atoms with Crippen molar-refractivity contribution in [1.29, 1.82) is 5.26 Å². The molecule has 150 valence electrons. The number of rotatable bonds is 2. The highest BCUT2D eigenvalue weighted by Gasteiger charge is 2.23. The third kappa shape index (κ3) is 3.00. The Morgan fingerprint density at radius 2 is 1.74 bits per heavy atom. The Hall–Kier alpha value is -3.90. The van der Waals surface area contributed by atoms with Gasteiger partial charge in [0, 0.05) is 22.9 Å². The first-order valence-electron chi connectivity index (χ1n) is 10.4. The van der Waals surface area contributed by atoms with Crippen molar-refractivity contribution in [2.75, 3.05) is 0 Å². The van der Waals surface area contributed by atoms with Gasteiger partial charge in [-0.05, 0) is 67.3 Å². The molecule has 31 heavy (non-hydrogen) atoms. The lowest BCUT2D eigenvalue weighted by molar-refractivity contribution is -0.660. The van der Waals surface area contributed by atoms with Crippen LogP contribution in [0, 0.1) is 32.1 Å². The predicted octanol–water partition coefficient (Wildman–Crippen LogP) is 6.54. The second-order valence-electron chi connectivity index (χ2n) is 8.26. The average Bonchev–Trinajstić information content (AvgIpc) is 3.12. The van der Waals surface area contributed by atoms with Crippen LogP contribution < -0.4 is 4.57 Å². The molecule has 3 heteroatoms. The van der Waals surface area contributed by atoms with Gasteiger partial charge < -0.3 is 4.42 Å². The highest BCUT2D eigenvalue weighted by atomic mass is 16.3. The van der Waals surface area contributed by atoms with E-state index in [1.54, 1.807) is 0 Å². The molecule has 0 spiro atoms. The molecule has 0 amide bonds. The van der Waals surface area contributed by atoms with Crippen LogP contribution in [0.15, 0.2) is 71.3 Å². The first-order valence-corrected chi connectivity index (χ1v) is 10.4. The van der Waals surface area contributed by atoms with Crippen molar-refractivity contribution in [2.24, 2.45) is 7.05 Å². The van der Waals surface area contributed by atoms with E-state index in [0.29, 0.717) is 5.56 Å². The minimum Gasteiger partial charge on any atom is -0.455 e. The number of aromatic nitrogens is 1. The summed E-state index contributed by atoms with van der Waals surface area (Å²) in [6.07, 6.45) is 2.03. The second kappa shape index (κ2) is 7.11. The van der Waals surface area contributed by atoms with E-state index in [1.165, 1.54) is 16.7 Å². The van der Waals surface area contributed by atoms with Crippen LogP contribution in [0.2, 0.25) is 0 Å². The molecule has 0 aliphatic carbocycles. The minimum atomic E-state index is 0.646. The lowest BCUT2D eigenvalue weighted by Crippen LogP contribution is -2.30. The van der Waals surface area contributed by atoms with E-state index in [0.717, 1.165) is 44.3 Å². The van der Waals surface area contributed by atoms with E-state index < -0.39 is 0 Å². The van der Waals surface area contributed by atoms with Crippen molar-refractivity contribution in [2.45, 2.75) is 20.8 Å². The van der Waals surface area contributed by atoms with Crippen molar-refractivity contribution in [3.05, 3.63) is 89.1 Å². The Morgan fingerprint density at radius 1 is 0.903 bits per heavy atom. The van der Waals surface area contributed by atoms with Crippen LogP contribution in [0.5, 0.6) is 0 Å². The Balaban J connectivity index is 1.84. The summed E-state index contributed by atoms with van der Waals surface area (Å²) in [4.78, 5) is 0. The summed E-state index contributed by atoms with van der Waals surface area (Å²) in [6.45, 7) is 6.28. The minimum absolute atomic E-state index is 0.646. The average molecular weight is 404 g/mol. The van der Waals surface area contributed by atoms with Crippen molar-refractivity contribution >= 4 is 21.9 Å².